The molecule has 1 saturated carbocycles. The maximum atomic E-state index is 12.8. The van der Waals surface area contributed by atoms with E-state index in [0.717, 1.165) is 45.3 Å². The molecule has 1 aromatic heterocycles. The summed E-state index contributed by atoms with van der Waals surface area (Å²) >= 11 is 1.76. The summed E-state index contributed by atoms with van der Waals surface area (Å²) in [6.45, 7) is 3.77. The molecule has 2 fully saturated rings. The van der Waals surface area contributed by atoms with E-state index in [-0.39, 0.29) is 6.04 Å². The van der Waals surface area contributed by atoms with Gasteiger partial charge in [0.15, 0.2) is 0 Å². The van der Waals surface area contributed by atoms with Gasteiger partial charge in [0.2, 0.25) is 0 Å². The molecule has 130 valence electrons. The van der Waals surface area contributed by atoms with E-state index in [1.165, 1.54) is 11.3 Å². The minimum atomic E-state index is -3.30. The largest absolute Gasteiger partial charge is 0.296 e. The third-order valence-corrected chi connectivity index (χ3v) is 7.97. The molecule has 1 aliphatic heterocycles. The van der Waals surface area contributed by atoms with Crippen LogP contribution in [0.5, 0.6) is 0 Å². The topological polar surface area (TPSA) is 43.9 Å². The van der Waals surface area contributed by atoms with Crippen LogP contribution < -0.4 is 0 Å². The van der Waals surface area contributed by atoms with Gasteiger partial charge in [-0.2, -0.15) is 17.0 Å². The molecule has 23 heavy (non-hydrogen) atoms. The lowest BCUT2D eigenvalue weighted by atomic mass is 9.96. The summed E-state index contributed by atoms with van der Waals surface area (Å²) in [4.78, 5) is 3.69. The molecular formula is C16H27N3O2S2. The van der Waals surface area contributed by atoms with Gasteiger partial charge in [-0.3, -0.25) is 4.90 Å². The molecule has 5 nitrogen and oxygen atoms in total. The highest BCUT2D eigenvalue weighted by molar-refractivity contribution is 7.86. The van der Waals surface area contributed by atoms with Crippen molar-refractivity contribution in [1.29, 1.82) is 0 Å². The van der Waals surface area contributed by atoms with E-state index >= 15 is 0 Å². The Kier molecular flexibility index (Phi) is 5.74. The molecular weight excluding hydrogens is 330 g/mol. The van der Waals surface area contributed by atoms with Crippen LogP contribution in [0.15, 0.2) is 17.5 Å². The van der Waals surface area contributed by atoms with Crippen LogP contribution in [0.25, 0.3) is 0 Å². The van der Waals surface area contributed by atoms with Gasteiger partial charge in [0.05, 0.1) is 0 Å². The van der Waals surface area contributed by atoms with Crippen LogP contribution in [0.1, 0.15) is 37.0 Å². The van der Waals surface area contributed by atoms with E-state index < -0.39 is 10.2 Å². The minimum absolute atomic E-state index is 0.192. The zero-order chi connectivity index (χ0) is 16.3. The van der Waals surface area contributed by atoms with Crippen molar-refractivity contribution < 1.29 is 8.42 Å². The first kappa shape index (κ1) is 17.4. The van der Waals surface area contributed by atoms with Gasteiger partial charge in [0.1, 0.15) is 0 Å². The molecule has 3 rings (SSSR count). The SMILES string of the molecule is CN(C1CCCCC1)S(=O)(=O)N1CCN(Cc2cccs2)CC1. The van der Waals surface area contributed by atoms with Crippen LogP contribution in [0.2, 0.25) is 0 Å². The third-order valence-electron chi connectivity index (χ3n) is 5.07. The molecule has 0 bridgehead atoms. The summed E-state index contributed by atoms with van der Waals surface area (Å²) in [5.41, 5.74) is 0. The Morgan fingerprint density at radius 2 is 1.87 bits per heavy atom. The number of rotatable bonds is 5. The molecule has 0 amide bonds. The van der Waals surface area contributed by atoms with Crippen molar-refractivity contribution in [3.8, 4) is 0 Å². The Balaban J connectivity index is 1.55. The fraction of sp³-hybridized carbons (Fsp3) is 0.750. The maximum absolute atomic E-state index is 12.8. The standard InChI is InChI=1S/C16H27N3O2S2/c1-17(15-6-3-2-4-7-15)23(20,21)19-11-9-18(10-12-19)14-16-8-5-13-22-16/h5,8,13,15H,2-4,6-7,9-12,14H2,1H3. The number of nitrogens with zero attached hydrogens (tertiary/aromatic N) is 3. The van der Waals surface area contributed by atoms with Gasteiger partial charge in [-0.15, -0.1) is 11.3 Å². The highest BCUT2D eigenvalue weighted by Gasteiger charge is 2.34. The fourth-order valence-electron chi connectivity index (χ4n) is 3.56. The molecule has 0 N–H and O–H groups in total. The quantitative estimate of drug-likeness (QED) is 0.813. The number of hydrogen-bond acceptors (Lipinski definition) is 4. The maximum Gasteiger partial charge on any atom is 0.282 e. The molecule has 0 aromatic carbocycles. The molecule has 1 aromatic rings. The Bertz CT molecular complexity index is 574. The lowest BCUT2D eigenvalue weighted by Crippen LogP contribution is -2.54. The minimum Gasteiger partial charge on any atom is -0.296 e. The number of hydrogen-bond donors (Lipinski definition) is 0. The molecule has 2 heterocycles. The molecule has 7 heteroatoms. The van der Waals surface area contributed by atoms with Crippen LogP contribution in [-0.4, -0.2) is 61.2 Å². The van der Waals surface area contributed by atoms with E-state index in [4.69, 9.17) is 0 Å². The number of thiophene rings is 1. The summed E-state index contributed by atoms with van der Waals surface area (Å²) in [6, 6.07) is 4.41. The number of piperazine rings is 1. The normalized spacial score (nSPS) is 22.7. The first-order valence-electron chi connectivity index (χ1n) is 8.55. The predicted molar refractivity (Wildman–Crippen MR) is 94.7 cm³/mol. The van der Waals surface area contributed by atoms with Crippen molar-refractivity contribution >= 4 is 21.5 Å². The Morgan fingerprint density at radius 1 is 1.17 bits per heavy atom. The second kappa shape index (κ2) is 7.61. The van der Waals surface area contributed by atoms with Crippen LogP contribution in [-0.2, 0) is 16.8 Å². The summed E-state index contributed by atoms with van der Waals surface area (Å²) in [7, 11) is -1.54. The first-order valence-corrected chi connectivity index (χ1v) is 10.8. The Morgan fingerprint density at radius 3 is 2.48 bits per heavy atom. The van der Waals surface area contributed by atoms with E-state index in [9.17, 15) is 8.42 Å². The zero-order valence-electron chi connectivity index (χ0n) is 13.9. The van der Waals surface area contributed by atoms with Crippen LogP contribution in [0.4, 0.5) is 0 Å². The van der Waals surface area contributed by atoms with Crippen molar-refractivity contribution in [2.24, 2.45) is 0 Å². The monoisotopic (exact) mass is 357 g/mol. The van der Waals surface area contributed by atoms with Crippen molar-refractivity contribution in [3.63, 3.8) is 0 Å². The lowest BCUT2D eigenvalue weighted by molar-refractivity contribution is 0.171. The molecule has 0 radical (unpaired) electrons. The highest BCUT2D eigenvalue weighted by Crippen LogP contribution is 2.25. The van der Waals surface area contributed by atoms with Crippen molar-refractivity contribution in [1.82, 2.24) is 13.5 Å². The summed E-state index contributed by atoms with van der Waals surface area (Å²) in [5.74, 6) is 0. The van der Waals surface area contributed by atoms with E-state index in [1.54, 1.807) is 27.0 Å². The Labute approximate surface area is 144 Å². The van der Waals surface area contributed by atoms with Crippen LogP contribution >= 0.6 is 11.3 Å². The van der Waals surface area contributed by atoms with Crippen molar-refractivity contribution in [3.05, 3.63) is 22.4 Å². The third kappa shape index (κ3) is 4.14. The second-order valence-electron chi connectivity index (χ2n) is 6.57. The molecule has 0 unspecified atom stereocenters. The van der Waals surface area contributed by atoms with Gasteiger partial charge < -0.3 is 0 Å². The fourth-order valence-corrected chi connectivity index (χ4v) is 5.88. The molecule has 1 saturated heterocycles. The average Bonchev–Trinajstić information content (AvgIpc) is 3.08. The van der Waals surface area contributed by atoms with E-state index in [2.05, 4.69) is 22.4 Å². The summed E-state index contributed by atoms with van der Waals surface area (Å²) in [5, 5.41) is 2.09. The zero-order valence-corrected chi connectivity index (χ0v) is 15.5. The van der Waals surface area contributed by atoms with E-state index in [1.807, 2.05) is 0 Å². The van der Waals surface area contributed by atoms with Gasteiger partial charge in [-0.25, -0.2) is 0 Å². The van der Waals surface area contributed by atoms with Crippen molar-refractivity contribution in [2.45, 2.75) is 44.7 Å². The Hall–Kier alpha value is -0.470. The van der Waals surface area contributed by atoms with Crippen LogP contribution in [0.3, 0.4) is 0 Å². The predicted octanol–water partition coefficient (Wildman–Crippen LogP) is 2.38. The first-order chi connectivity index (χ1) is 11.1. The lowest BCUT2D eigenvalue weighted by Gasteiger charge is -2.38. The second-order valence-corrected chi connectivity index (χ2v) is 9.59. The van der Waals surface area contributed by atoms with Gasteiger partial charge in [0, 0.05) is 50.7 Å². The smallest absolute Gasteiger partial charge is 0.282 e. The van der Waals surface area contributed by atoms with Gasteiger partial charge >= 0.3 is 0 Å². The average molecular weight is 358 g/mol. The van der Waals surface area contributed by atoms with E-state index in [0.29, 0.717) is 13.1 Å². The van der Waals surface area contributed by atoms with Crippen molar-refractivity contribution in [2.75, 3.05) is 33.2 Å². The molecule has 1 aliphatic carbocycles. The molecule has 0 atom stereocenters. The van der Waals surface area contributed by atoms with Gasteiger partial charge in [0.25, 0.3) is 10.2 Å². The molecule has 2 aliphatic rings. The van der Waals surface area contributed by atoms with Gasteiger partial charge in [-0.1, -0.05) is 25.3 Å². The van der Waals surface area contributed by atoms with Gasteiger partial charge in [-0.05, 0) is 24.3 Å². The highest BCUT2D eigenvalue weighted by atomic mass is 32.2. The molecule has 0 spiro atoms. The summed E-state index contributed by atoms with van der Waals surface area (Å²) < 4.78 is 29.0. The van der Waals surface area contributed by atoms with Crippen LogP contribution in [0, 0.1) is 0 Å². The summed E-state index contributed by atoms with van der Waals surface area (Å²) in [6.07, 6.45) is 5.56.